The van der Waals surface area contributed by atoms with Crippen LogP contribution in [0.4, 0.5) is 5.69 Å². The Balaban J connectivity index is 2.76. The number of aliphatic hydroxyl groups is 2. The van der Waals surface area contributed by atoms with Gasteiger partial charge in [-0.1, -0.05) is 11.6 Å². The molecule has 0 spiro atoms. The highest BCUT2D eigenvalue weighted by atomic mass is 35.5. The first-order chi connectivity index (χ1) is 7.52. The lowest BCUT2D eigenvalue weighted by molar-refractivity contribution is -0.385. The Morgan fingerprint density at radius 2 is 2.31 bits per heavy atom. The van der Waals surface area contributed by atoms with Gasteiger partial charge < -0.3 is 10.2 Å². The van der Waals surface area contributed by atoms with Crippen LogP contribution in [0.25, 0.3) is 0 Å². The number of halogens is 1. The predicted molar refractivity (Wildman–Crippen MR) is 59.7 cm³/mol. The summed E-state index contributed by atoms with van der Waals surface area (Å²) in [5, 5.41) is 28.6. The number of nitrogens with zero attached hydrogens (tertiary/aromatic N) is 2. The molecule has 0 aliphatic rings. The van der Waals surface area contributed by atoms with Gasteiger partial charge in [-0.25, -0.2) is 4.98 Å². The highest BCUT2D eigenvalue weighted by Crippen LogP contribution is 2.24. The largest absolute Gasteiger partial charge is 0.394 e. The second-order valence-electron chi connectivity index (χ2n) is 2.89. The van der Waals surface area contributed by atoms with Gasteiger partial charge in [0.25, 0.3) is 5.69 Å². The molecule has 0 saturated carbocycles. The zero-order valence-corrected chi connectivity index (χ0v) is 9.61. The minimum absolute atomic E-state index is 0.0233. The minimum Gasteiger partial charge on any atom is -0.394 e. The lowest BCUT2D eigenvalue weighted by atomic mass is 10.4. The van der Waals surface area contributed by atoms with E-state index in [-0.39, 0.29) is 23.2 Å². The van der Waals surface area contributed by atoms with E-state index < -0.39 is 11.0 Å². The van der Waals surface area contributed by atoms with E-state index in [0.717, 1.165) is 17.8 Å². The van der Waals surface area contributed by atoms with Crippen molar-refractivity contribution in [2.45, 2.75) is 11.1 Å². The molecule has 0 fully saturated rings. The van der Waals surface area contributed by atoms with Crippen LogP contribution in [-0.4, -0.2) is 38.6 Å². The third kappa shape index (κ3) is 3.93. The van der Waals surface area contributed by atoms with Crippen molar-refractivity contribution in [2.24, 2.45) is 0 Å². The number of rotatable bonds is 5. The predicted octanol–water partition coefficient (Wildman–Crippen LogP) is 1.09. The first-order valence-electron chi connectivity index (χ1n) is 4.26. The van der Waals surface area contributed by atoms with E-state index in [1.54, 1.807) is 0 Å². The van der Waals surface area contributed by atoms with Gasteiger partial charge in [0, 0.05) is 11.8 Å². The van der Waals surface area contributed by atoms with Crippen molar-refractivity contribution >= 4 is 29.1 Å². The molecule has 1 aromatic rings. The highest BCUT2D eigenvalue weighted by Gasteiger charge is 2.11. The Bertz CT molecular complexity index is 390. The third-order valence-corrected chi connectivity index (χ3v) is 2.85. The molecular formula is C8H9ClN2O4S. The lowest BCUT2D eigenvalue weighted by Crippen LogP contribution is -2.14. The molecule has 6 nitrogen and oxygen atoms in total. The van der Waals surface area contributed by atoms with E-state index in [2.05, 4.69) is 4.98 Å². The summed E-state index contributed by atoms with van der Waals surface area (Å²) in [5.41, 5.74) is -0.152. The summed E-state index contributed by atoms with van der Waals surface area (Å²) in [4.78, 5) is 13.8. The second kappa shape index (κ2) is 6.00. The van der Waals surface area contributed by atoms with Crippen molar-refractivity contribution in [2.75, 3.05) is 12.4 Å². The van der Waals surface area contributed by atoms with Crippen molar-refractivity contribution < 1.29 is 15.1 Å². The lowest BCUT2D eigenvalue weighted by Gasteiger charge is -2.05. The fraction of sp³-hybridized carbons (Fsp3) is 0.375. The fourth-order valence-corrected chi connectivity index (χ4v) is 1.96. The SMILES string of the molecule is O=[N+]([O-])c1cc(Cl)nc(SCC(O)CO)c1. The summed E-state index contributed by atoms with van der Waals surface area (Å²) < 4.78 is 0. The molecule has 0 aromatic carbocycles. The van der Waals surface area contributed by atoms with Crippen molar-refractivity contribution in [1.82, 2.24) is 4.98 Å². The van der Waals surface area contributed by atoms with Crippen LogP contribution in [0.3, 0.4) is 0 Å². The molecule has 0 aliphatic heterocycles. The summed E-state index contributed by atoms with van der Waals surface area (Å²) >= 11 is 6.69. The molecule has 1 rings (SSSR count). The van der Waals surface area contributed by atoms with Gasteiger partial charge in [0.2, 0.25) is 0 Å². The highest BCUT2D eigenvalue weighted by molar-refractivity contribution is 7.99. The van der Waals surface area contributed by atoms with E-state index in [4.69, 9.17) is 21.8 Å². The Kier molecular flexibility index (Phi) is 4.94. The summed E-state index contributed by atoms with van der Waals surface area (Å²) in [6.07, 6.45) is -0.884. The summed E-state index contributed by atoms with van der Waals surface area (Å²) in [6.45, 7) is -0.365. The van der Waals surface area contributed by atoms with Gasteiger partial charge in [0.05, 0.1) is 23.7 Å². The zero-order valence-electron chi connectivity index (χ0n) is 8.04. The molecule has 0 bridgehead atoms. The topological polar surface area (TPSA) is 96.5 Å². The Morgan fingerprint density at radius 3 is 2.88 bits per heavy atom. The molecule has 0 radical (unpaired) electrons. The van der Waals surface area contributed by atoms with Crippen LogP contribution in [-0.2, 0) is 0 Å². The number of aromatic nitrogens is 1. The molecule has 8 heteroatoms. The number of hydrogen-bond acceptors (Lipinski definition) is 6. The number of thioether (sulfide) groups is 1. The first-order valence-corrected chi connectivity index (χ1v) is 5.63. The van der Waals surface area contributed by atoms with Gasteiger partial charge in [-0.15, -0.1) is 11.8 Å². The average Bonchev–Trinajstić information content (AvgIpc) is 2.25. The van der Waals surface area contributed by atoms with Crippen LogP contribution in [0.2, 0.25) is 5.15 Å². The molecule has 16 heavy (non-hydrogen) atoms. The number of aliphatic hydroxyl groups excluding tert-OH is 2. The Hall–Kier alpha value is -0.890. The van der Waals surface area contributed by atoms with Crippen molar-refractivity contribution in [1.29, 1.82) is 0 Å². The second-order valence-corrected chi connectivity index (χ2v) is 4.32. The molecule has 88 valence electrons. The van der Waals surface area contributed by atoms with Crippen molar-refractivity contribution in [3.63, 3.8) is 0 Å². The van der Waals surface area contributed by atoms with Crippen LogP contribution in [0.5, 0.6) is 0 Å². The molecule has 0 saturated heterocycles. The summed E-state index contributed by atoms with van der Waals surface area (Å²) in [6, 6.07) is 2.41. The third-order valence-electron chi connectivity index (χ3n) is 1.60. The van der Waals surface area contributed by atoms with Gasteiger partial charge >= 0.3 is 0 Å². The van der Waals surface area contributed by atoms with Gasteiger partial charge in [-0.3, -0.25) is 10.1 Å². The first kappa shape index (κ1) is 13.2. The van der Waals surface area contributed by atoms with Crippen molar-refractivity contribution in [3.8, 4) is 0 Å². The smallest absolute Gasteiger partial charge is 0.275 e. The summed E-state index contributed by atoms with van der Waals surface area (Å²) in [7, 11) is 0. The van der Waals surface area contributed by atoms with Gasteiger partial charge in [-0.05, 0) is 0 Å². The Morgan fingerprint density at radius 1 is 1.62 bits per heavy atom. The van der Waals surface area contributed by atoms with E-state index >= 15 is 0 Å². The van der Waals surface area contributed by atoms with Gasteiger partial charge in [0.15, 0.2) is 0 Å². The maximum absolute atomic E-state index is 10.5. The van der Waals surface area contributed by atoms with Crippen LogP contribution >= 0.6 is 23.4 Å². The monoisotopic (exact) mass is 264 g/mol. The molecule has 1 atom stereocenters. The van der Waals surface area contributed by atoms with Crippen LogP contribution in [0, 0.1) is 10.1 Å². The van der Waals surface area contributed by atoms with Gasteiger partial charge in [0.1, 0.15) is 10.2 Å². The van der Waals surface area contributed by atoms with E-state index in [1.807, 2.05) is 0 Å². The molecule has 1 unspecified atom stereocenters. The van der Waals surface area contributed by atoms with Crippen LogP contribution in [0.15, 0.2) is 17.2 Å². The molecular weight excluding hydrogens is 256 g/mol. The Labute approximate surface area is 100 Å². The molecule has 1 aromatic heterocycles. The maximum Gasteiger partial charge on any atom is 0.275 e. The number of hydrogen-bond donors (Lipinski definition) is 2. The fourth-order valence-electron chi connectivity index (χ4n) is 0.874. The molecule has 0 amide bonds. The molecule has 2 N–H and O–H groups in total. The standard InChI is InChI=1S/C8H9ClN2O4S/c9-7-1-5(11(14)15)2-8(10-7)16-4-6(13)3-12/h1-2,6,12-13H,3-4H2. The molecule has 1 heterocycles. The average molecular weight is 265 g/mol. The number of pyridine rings is 1. The van der Waals surface area contributed by atoms with Crippen LogP contribution < -0.4 is 0 Å². The minimum atomic E-state index is -0.884. The van der Waals surface area contributed by atoms with E-state index in [1.165, 1.54) is 6.07 Å². The van der Waals surface area contributed by atoms with E-state index in [0.29, 0.717) is 5.03 Å². The maximum atomic E-state index is 10.5. The normalized spacial score (nSPS) is 12.4. The van der Waals surface area contributed by atoms with Crippen molar-refractivity contribution in [3.05, 3.63) is 27.4 Å². The quantitative estimate of drug-likeness (QED) is 0.358. The van der Waals surface area contributed by atoms with E-state index in [9.17, 15) is 10.1 Å². The van der Waals surface area contributed by atoms with Gasteiger partial charge in [-0.2, -0.15) is 0 Å². The number of nitro groups is 1. The summed E-state index contributed by atoms with van der Waals surface area (Å²) in [5.74, 6) is 0.195. The molecule has 0 aliphatic carbocycles. The zero-order chi connectivity index (χ0) is 12.1. The van der Waals surface area contributed by atoms with Crippen LogP contribution in [0.1, 0.15) is 0 Å².